The van der Waals surface area contributed by atoms with E-state index >= 15 is 0 Å². The molecule has 0 fully saturated rings. The maximum absolute atomic E-state index is 13.8. The average molecular weight is 294 g/mol. The fourth-order valence-electron chi connectivity index (χ4n) is 2.22. The van der Waals surface area contributed by atoms with Crippen molar-refractivity contribution < 1.29 is 8.81 Å². The van der Waals surface area contributed by atoms with Crippen molar-refractivity contribution in [2.75, 3.05) is 5.88 Å². The van der Waals surface area contributed by atoms with E-state index in [-0.39, 0.29) is 5.82 Å². The molecule has 2 aromatic heterocycles. The van der Waals surface area contributed by atoms with E-state index in [1.54, 1.807) is 12.3 Å². The molecule has 3 rings (SSSR count). The highest BCUT2D eigenvalue weighted by Gasteiger charge is 2.15. The number of hydrogen-bond donors (Lipinski definition) is 0. The largest absolute Gasteiger partial charge is 0.444 e. The first kappa shape index (κ1) is 13.1. The van der Waals surface area contributed by atoms with E-state index in [9.17, 15) is 4.39 Å². The number of benzene rings is 1. The van der Waals surface area contributed by atoms with E-state index < -0.39 is 0 Å². The summed E-state index contributed by atoms with van der Waals surface area (Å²) in [5.74, 6) is 2.14. The molecule has 6 heteroatoms. The van der Waals surface area contributed by atoms with Gasteiger partial charge in [0.05, 0.1) is 11.7 Å². The van der Waals surface area contributed by atoms with Gasteiger partial charge in [-0.1, -0.05) is 6.07 Å². The zero-order chi connectivity index (χ0) is 14.1. The van der Waals surface area contributed by atoms with Crippen LogP contribution in [0.4, 0.5) is 4.39 Å². The first-order valence-electron chi connectivity index (χ1n) is 6.30. The van der Waals surface area contributed by atoms with Crippen molar-refractivity contribution in [3.05, 3.63) is 47.7 Å². The first-order chi connectivity index (χ1) is 9.69. The number of aryl methyl sites for hydroxylation is 2. The van der Waals surface area contributed by atoms with Crippen LogP contribution < -0.4 is 0 Å². The van der Waals surface area contributed by atoms with E-state index in [0.717, 1.165) is 17.1 Å². The van der Waals surface area contributed by atoms with Crippen LogP contribution in [0.5, 0.6) is 0 Å². The van der Waals surface area contributed by atoms with Crippen LogP contribution in [-0.2, 0) is 13.0 Å². The molecule has 0 atom stereocenters. The van der Waals surface area contributed by atoms with Gasteiger partial charge in [0.25, 0.3) is 0 Å². The Labute approximate surface area is 120 Å². The molecule has 0 aliphatic heterocycles. The molecule has 104 valence electrons. The molecular formula is C14H13ClFN3O. The van der Waals surface area contributed by atoms with Crippen LogP contribution in [0.25, 0.3) is 11.0 Å². The molecule has 0 bridgehead atoms. The van der Waals surface area contributed by atoms with Gasteiger partial charge in [-0.15, -0.1) is 11.6 Å². The second-order valence-electron chi connectivity index (χ2n) is 4.53. The van der Waals surface area contributed by atoms with Crippen LogP contribution in [0.15, 0.2) is 28.8 Å². The summed E-state index contributed by atoms with van der Waals surface area (Å²) in [5.41, 5.74) is 1.08. The van der Waals surface area contributed by atoms with Crippen molar-refractivity contribution in [3.63, 3.8) is 0 Å². The maximum atomic E-state index is 13.8. The molecule has 20 heavy (non-hydrogen) atoms. The quantitative estimate of drug-likeness (QED) is 0.693. The molecule has 0 unspecified atom stereocenters. The summed E-state index contributed by atoms with van der Waals surface area (Å²) in [6, 6.07) is 4.90. The van der Waals surface area contributed by atoms with Crippen LogP contribution in [0, 0.1) is 12.7 Å². The van der Waals surface area contributed by atoms with Gasteiger partial charge in [0.1, 0.15) is 23.6 Å². The molecule has 0 saturated heterocycles. The number of fused-ring (bicyclic) bond motifs is 1. The average Bonchev–Trinajstić information content (AvgIpc) is 2.97. The Bertz CT molecular complexity index is 750. The standard InChI is InChI=1S/C14H13ClFN3O/c1-9-7-17-13(20-9)8-19-11-4-2-3-10(16)14(11)18-12(19)5-6-15/h2-4,7H,5-6,8H2,1H3. The normalized spacial score (nSPS) is 11.3. The third-order valence-electron chi connectivity index (χ3n) is 3.09. The molecule has 0 saturated carbocycles. The number of imidazole rings is 1. The molecule has 0 N–H and O–H groups in total. The fourth-order valence-corrected chi connectivity index (χ4v) is 2.39. The molecule has 3 aromatic rings. The van der Waals surface area contributed by atoms with Crippen molar-refractivity contribution in [1.82, 2.24) is 14.5 Å². The lowest BCUT2D eigenvalue weighted by atomic mass is 10.3. The lowest BCUT2D eigenvalue weighted by molar-refractivity contribution is 0.456. The van der Waals surface area contributed by atoms with Crippen molar-refractivity contribution in [3.8, 4) is 0 Å². The smallest absolute Gasteiger partial charge is 0.214 e. The molecular weight excluding hydrogens is 281 g/mol. The number of hydrogen-bond acceptors (Lipinski definition) is 3. The summed E-state index contributed by atoms with van der Waals surface area (Å²) < 4.78 is 21.2. The summed E-state index contributed by atoms with van der Waals surface area (Å²) in [6.45, 7) is 2.25. The van der Waals surface area contributed by atoms with Crippen LogP contribution in [0.3, 0.4) is 0 Å². The maximum Gasteiger partial charge on any atom is 0.214 e. The number of nitrogens with zero attached hydrogens (tertiary/aromatic N) is 3. The Hall–Kier alpha value is -1.88. The summed E-state index contributed by atoms with van der Waals surface area (Å²) in [5, 5.41) is 0. The summed E-state index contributed by atoms with van der Waals surface area (Å²) in [7, 11) is 0. The topological polar surface area (TPSA) is 43.9 Å². The van der Waals surface area contributed by atoms with Gasteiger partial charge in [0.2, 0.25) is 5.89 Å². The van der Waals surface area contributed by atoms with Gasteiger partial charge in [0.15, 0.2) is 5.82 Å². The molecule has 2 heterocycles. The summed E-state index contributed by atoms with van der Waals surface area (Å²) in [6.07, 6.45) is 2.23. The number of alkyl halides is 1. The lowest BCUT2D eigenvalue weighted by Gasteiger charge is -2.05. The van der Waals surface area contributed by atoms with Gasteiger partial charge in [-0.25, -0.2) is 14.4 Å². The van der Waals surface area contributed by atoms with Crippen LogP contribution in [-0.4, -0.2) is 20.4 Å². The molecule has 0 aliphatic rings. The van der Waals surface area contributed by atoms with Crippen LogP contribution in [0.2, 0.25) is 0 Å². The van der Waals surface area contributed by atoms with Crippen molar-refractivity contribution in [2.45, 2.75) is 19.9 Å². The molecule has 0 aliphatic carbocycles. The summed E-state index contributed by atoms with van der Waals surface area (Å²) >= 11 is 5.80. The number of oxazole rings is 1. The zero-order valence-corrected chi connectivity index (χ0v) is 11.7. The van der Waals surface area contributed by atoms with E-state index in [1.165, 1.54) is 6.07 Å². The van der Waals surface area contributed by atoms with Crippen LogP contribution >= 0.6 is 11.6 Å². The SMILES string of the molecule is Cc1cnc(Cn2c(CCCl)nc3c(F)cccc32)o1. The monoisotopic (exact) mass is 293 g/mol. The highest BCUT2D eigenvalue weighted by Crippen LogP contribution is 2.21. The fraction of sp³-hybridized carbons (Fsp3) is 0.286. The van der Waals surface area contributed by atoms with E-state index in [4.69, 9.17) is 16.0 Å². The second-order valence-corrected chi connectivity index (χ2v) is 4.90. The Balaban J connectivity index is 2.11. The minimum Gasteiger partial charge on any atom is -0.444 e. The Morgan fingerprint density at radius 2 is 2.25 bits per heavy atom. The number of aromatic nitrogens is 3. The zero-order valence-electron chi connectivity index (χ0n) is 10.9. The molecule has 0 spiro atoms. The third-order valence-corrected chi connectivity index (χ3v) is 3.28. The minimum atomic E-state index is -0.333. The predicted octanol–water partition coefficient (Wildman–Crippen LogP) is 3.30. The van der Waals surface area contributed by atoms with E-state index in [0.29, 0.717) is 30.3 Å². The van der Waals surface area contributed by atoms with E-state index in [1.807, 2.05) is 17.6 Å². The first-order valence-corrected chi connectivity index (χ1v) is 6.83. The van der Waals surface area contributed by atoms with Crippen molar-refractivity contribution >= 4 is 22.6 Å². The van der Waals surface area contributed by atoms with Crippen molar-refractivity contribution in [2.24, 2.45) is 0 Å². The molecule has 0 radical (unpaired) electrons. The van der Waals surface area contributed by atoms with Crippen LogP contribution in [0.1, 0.15) is 17.5 Å². The summed E-state index contributed by atoms with van der Waals surface area (Å²) in [4.78, 5) is 8.52. The second kappa shape index (κ2) is 5.25. The predicted molar refractivity (Wildman–Crippen MR) is 74.5 cm³/mol. The molecule has 1 aromatic carbocycles. The molecule has 4 nitrogen and oxygen atoms in total. The Morgan fingerprint density at radius 3 is 2.95 bits per heavy atom. The third kappa shape index (κ3) is 2.29. The Kier molecular flexibility index (Phi) is 3.44. The number of rotatable bonds is 4. The van der Waals surface area contributed by atoms with Gasteiger partial charge in [-0.05, 0) is 19.1 Å². The highest BCUT2D eigenvalue weighted by atomic mass is 35.5. The van der Waals surface area contributed by atoms with Crippen molar-refractivity contribution in [1.29, 1.82) is 0 Å². The van der Waals surface area contributed by atoms with Gasteiger partial charge in [0, 0.05) is 12.3 Å². The van der Waals surface area contributed by atoms with Gasteiger partial charge >= 0.3 is 0 Å². The highest BCUT2D eigenvalue weighted by molar-refractivity contribution is 6.17. The minimum absolute atomic E-state index is 0.333. The lowest BCUT2D eigenvalue weighted by Crippen LogP contribution is -2.06. The van der Waals surface area contributed by atoms with Gasteiger partial charge in [-0.3, -0.25) is 0 Å². The molecule has 0 amide bonds. The number of para-hydroxylation sites is 1. The van der Waals surface area contributed by atoms with Gasteiger partial charge in [-0.2, -0.15) is 0 Å². The van der Waals surface area contributed by atoms with E-state index in [2.05, 4.69) is 9.97 Å². The Morgan fingerprint density at radius 1 is 1.40 bits per heavy atom. The number of halogens is 2. The van der Waals surface area contributed by atoms with Gasteiger partial charge < -0.3 is 8.98 Å².